The largest absolute Gasteiger partial charge is 0.377 e. The maximum atomic E-state index is 13.1. The summed E-state index contributed by atoms with van der Waals surface area (Å²) in [4.78, 5) is 14.5. The van der Waals surface area contributed by atoms with E-state index in [0.717, 1.165) is 44.5 Å². The number of pyridine rings is 1. The molecule has 0 spiro atoms. The fourth-order valence-corrected chi connectivity index (χ4v) is 3.99. The Kier molecular flexibility index (Phi) is 5.08. The zero-order valence-corrected chi connectivity index (χ0v) is 14.7. The Morgan fingerprint density at radius 1 is 1.27 bits per heavy atom. The Balaban J connectivity index is 1.46. The van der Waals surface area contributed by atoms with Crippen molar-refractivity contribution < 1.29 is 13.9 Å². The molecular weight excluding hydrogens is 335 g/mol. The fourth-order valence-electron chi connectivity index (χ4n) is 3.99. The number of nitrogens with zero attached hydrogens (tertiary/aromatic N) is 4. The van der Waals surface area contributed by atoms with E-state index < -0.39 is 5.82 Å². The number of hydrogen-bond donors (Lipinski definition) is 0. The predicted molar refractivity (Wildman–Crippen MR) is 94.1 cm³/mol. The van der Waals surface area contributed by atoms with Crippen LogP contribution in [0.15, 0.2) is 36.9 Å². The van der Waals surface area contributed by atoms with Gasteiger partial charge in [-0.3, -0.25) is 4.98 Å². The summed E-state index contributed by atoms with van der Waals surface area (Å²) in [6.07, 6.45) is 9.15. The summed E-state index contributed by atoms with van der Waals surface area (Å²) in [5, 5.41) is 0. The summed E-state index contributed by atoms with van der Waals surface area (Å²) in [5.74, 6) is 0.156. The molecular formula is C19H23FN4O2. The van der Waals surface area contributed by atoms with E-state index in [0.29, 0.717) is 19.2 Å². The first-order valence-electron chi connectivity index (χ1n) is 9.06. The first-order chi connectivity index (χ1) is 12.8. The van der Waals surface area contributed by atoms with Gasteiger partial charge in [-0.05, 0) is 37.0 Å². The van der Waals surface area contributed by atoms with Crippen molar-refractivity contribution in [3.05, 3.63) is 48.3 Å². The molecule has 0 bridgehead atoms. The molecule has 0 saturated carbocycles. The first-order valence-corrected chi connectivity index (χ1v) is 9.06. The second-order valence-corrected chi connectivity index (χ2v) is 7.09. The summed E-state index contributed by atoms with van der Waals surface area (Å²) in [6, 6.07) is 3.93. The first kappa shape index (κ1) is 17.3. The second-order valence-electron chi connectivity index (χ2n) is 7.09. The third kappa shape index (κ3) is 3.68. The molecule has 0 amide bonds. The van der Waals surface area contributed by atoms with Crippen LogP contribution in [0, 0.1) is 11.2 Å². The van der Waals surface area contributed by atoms with Crippen LogP contribution in [0.3, 0.4) is 0 Å². The number of aromatic nitrogens is 3. The average Bonchev–Trinajstić information content (AvgIpc) is 2.69. The molecule has 2 atom stereocenters. The molecule has 0 N–H and O–H groups in total. The number of halogens is 1. The van der Waals surface area contributed by atoms with Gasteiger partial charge in [0.25, 0.3) is 0 Å². The number of piperidine rings is 1. The van der Waals surface area contributed by atoms with Crippen LogP contribution in [-0.2, 0) is 16.1 Å². The average molecular weight is 358 g/mol. The third-order valence-corrected chi connectivity index (χ3v) is 5.29. The molecule has 4 heterocycles. The van der Waals surface area contributed by atoms with Gasteiger partial charge in [-0.2, -0.15) is 0 Å². The maximum absolute atomic E-state index is 13.1. The Morgan fingerprint density at radius 3 is 2.88 bits per heavy atom. The van der Waals surface area contributed by atoms with Gasteiger partial charge in [0.15, 0.2) is 5.82 Å². The Hall–Kier alpha value is -2.12. The van der Waals surface area contributed by atoms with Crippen molar-refractivity contribution >= 4 is 5.95 Å². The summed E-state index contributed by atoms with van der Waals surface area (Å²) in [7, 11) is 0. The van der Waals surface area contributed by atoms with Crippen molar-refractivity contribution in [2.75, 3.05) is 31.2 Å². The second kappa shape index (κ2) is 7.63. The Labute approximate surface area is 152 Å². The molecule has 0 aliphatic carbocycles. The predicted octanol–water partition coefficient (Wildman–Crippen LogP) is 2.60. The smallest absolute Gasteiger partial charge is 0.225 e. The lowest BCUT2D eigenvalue weighted by Crippen LogP contribution is -2.57. The highest BCUT2D eigenvalue weighted by Crippen LogP contribution is 2.41. The summed E-state index contributed by atoms with van der Waals surface area (Å²) in [5.41, 5.74) is 1.03. The van der Waals surface area contributed by atoms with Crippen LogP contribution < -0.4 is 4.90 Å². The zero-order valence-electron chi connectivity index (χ0n) is 14.7. The molecule has 2 saturated heterocycles. The van der Waals surface area contributed by atoms with E-state index >= 15 is 0 Å². The molecule has 0 aromatic carbocycles. The number of fused-ring (bicyclic) bond motifs is 1. The quantitative estimate of drug-likeness (QED) is 0.819. The maximum Gasteiger partial charge on any atom is 0.225 e. The van der Waals surface area contributed by atoms with Gasteiger partial charge < -0.3 is 14.4 Å². The highest BCUT2D eigenvalue weighted by atomic mass is 19.1. The molecule has 2 aliphatic heterocycles. The highest BCUT2D eigenvalue weighted by molar-refractivity contribution is 5.31. The lowest BCUT2D eigenvalue weighted by atomic mass is 9.73. The minimum absolute atomic E-state index is 0.0821. The number of anilines is 1. The van der Waals surface area contributed by atoms with E-state index in [-0.39, 0.29) is 11.5 Å². The molecule has 2 aromatic heterocycles. The summed E-state index contributed by atoms with van der Waals surface area (Å²) in [6.45, 7) is 3.56. The number of rotatable bonds is 5. The molecule has 138 valence electrons. The normalized spacial score (nSPS) is 25.7. The molecule has 2 fully saturated rings. The standard InChI is InChI=1S/C19H23FN4O2/c20-16-10-22-18(23-11-16)24-8-4-17-19(13-24,5-1-9-26-17)14-25-12-15-2-6-21-7-3-15/h2-3,6-7,10-11,17H,1,4-5,8-9,12-14H2. The zero-order chi connectivity index (χ0) is 17.8. The SMILES string of the molecule is Fc1cnc(N2CCC3OCCCC3(COCc3ccncc3)C2)nc1. The Morgan fingerprint density at radius 2 is 2.08 bits per heavy atom. The Bertz CT molecular complexity index is 715. The van der Waals surface area contributed by atoms with Gasteiger partial charge in [0.2, 0.25) is 5.95 Å². The van der Waals surface area contributed by atoms with Crippen molar-refractivity contribution in [3.63, 3.8) is 0 Å². The van der Waals surface area contributed by atoms with Crippen molar-refractivity contribution in [3.8, 4) is 0 Å². The number of ether oxygens (including phenoxy) is 2. The molecule has 7 heteroatoms. The van der Waals surface area contributed by atoms with Gasteiger partial charge in [0.05, 0.1) is 31.7 Å². The van der Waals surface area contributed by atoms with Crippen LogP contribution in [0.25, 0.3) is 0 Å². The van der Waals surface area contributed by atoms with E-state index in [1.54, 1.807) is 12.4 Å². The van der Waals surface area contributed by atoms with Crippen molar-refractivity contribution in [2.45, 2.75) is 32.0 Å². The van der Waals surface area contributed by atoms with Gasteiger partial charge in [-0.1, -0.05) is 0 Å². The van der Waals surface area contributed by atoms with Crippen LogP contribution in [0.2, 0.25) is 0 Å². The number of hydrogen-bond acceptors (Lipinski definition) is 6. The van der Waals surface area contributed by atoms with Gasteiger partial charge >= 0.3 is 0 Å². The van der Waals surface area contributed by atoms with E-state index in [9.17, 15) is 4.39 Å². The summed E-state index contributed by atoms with van der Waals surface area (Å²) >= 11 is 0. The minimum Gasteiger partial charge on any atom is -0.377 e. The molecule has 2 aliphatic rings. The highest BCUT2D eigenvalue weighted by Gasteiger charge is 2.46. The van der Waals surface area contributed by atoms with Crippen LogP contribution in [-0.4, -0.2) is 47.4 Å². The summed E-state index contributed by atoms with van der Waals surface area (Å²) < 4.78 is 25.3. The van der Waals surface area contributed by atoms with E-state index in [4.69, 9.17) is 9.47 Å². The third-order valence-electron chi connectivity index (χ3n) is 5.29. The van der Waals surface area contributed by atoms with Crippen LogP contribution in [0.4, 0.5) is 10.3 Å². The lowest BCUT2D eigenvalue weighted by molar-refractivity contribution is -0.127. The minimum atomic E-state index is -0.417. The van der Waals surface area contributed by atoms with E-state index in [1.807, 2.05) is 12.1 Å². The van der Waals surface area contributed by atoms with Crippen molar-refractivity contribution in [2.24, 2.45) is 5.41 Å². The van der Waals surface area contributed by atoms with Crippen molar-refractivity contribution in [1.82, 2.24) is 15.0 Å². The van der Waals surface area contributed by atoms with E-state index in [1.165, 1.54) is 12.4 Å². The molecule has 2 unspecified atom stereocenters. The molecule has 0 radical (unpaired) electrons. The molecule has 4 rings (SSSR count). The monoisotopic (exact) mass is 358 g/mol. The van der Waals surface area contributed by atoms with Gasteiger partial charge in [-0.25, -0.2) is 14.4 Å². The molecule has 6 nitrogen and oxygen atoms in total. The molecule has 2 aromatic rings. The van der Waals surface area contributed by atoms with Crippen LogP contribution in [0.1, 0.15) is 24.8 Å². The van der Waals surface area contributed by atoms with Crippen LogP contribution in [0.5, 0.6) is 0 Å². The van der Waals surface area contributed by atoms with Gasteiger partial charge in [0, 0.05) is 37.5 Å². The van der Waals surface area contributed by atoms with Gasteiger partial charge in [-0.15, -0.1) is 0 Å². The van der Waals surface area contributed by atoms with Crippen molar-refractivity contribution in [1.29, 1.82) is 0 Å². The van der Waals surface area contributed by atoms with Gasteiger partial charge in [0.1, 0.15) is 0 Å². The van der Waals surface area contributed by atoms with E-state index in [2.05, 4.69) is 19.9 Å². The van der Waals surface area contributed by atoms with Crippen LogP contribution >= 0.6 is 0 Å². The lowest BCUT2D eigenvalue weighted by Gasteiger charge is -2.50. The fraction of sp³-hybridized carbons (Fsp3) is 0.526. The topological polar surface area (TPSA) is 60.4 Å². The molecule has 26 heavy (non-hydrogen) atoms.